The Balaban J connectivity index is 2.04. The molecule has 0 radical (unpaired) electrons. The van der Waals surface area contributed by atoms with Gasteiger partial charge in [0.05, 0.1) is 11.8 Å². The second kappa shape index (κ2) is 2.78. The summed E-state index contributed by atoms with van der Waals surface area (Å²) >= 11 is 1.38. The maximum Gasteiger partial charge on any atom is 0.0762 e. The van der Waals surface area contributed by atoms with Gasteiger partial charge in [0.2, 0.25) is 0 Å². The summed E-state index contributed by atoms with van der Waals surface area (Å²) in [5.74, 6) is 0. The van der Waals surface area contributed by atoms with Gasteiger partial charge in [-0.25, -0.2) is 0 Å². The smallest absolute Gasteiger partial charge is 0.0762 e. The summed E-state index contributed by atoms with van der Waals surface area (Å²) in [6.45, 7) is 1.87. The molecule has 4 heteroatoms. The molecule has 1 saturated carbocycles. The van der Waals surface area contributed by atoms with Gasteiger partial charge in [0.15, 0.2) is 0 Å². The van der Waals surface area contributed by atoms with Crippen LogP contribution in [0.4, 0.5) is 0 Å². The van der Waals surface area contributed by atoms with E-state index in [0.29, 0.717) is 0 Å². The lowest BCUT2D eigenvalue weighted by Gasteiger charge is -2.16. The minimum atomic E-state index is -0.209. The molecule has 1 N–H and O–H groups in total. The van der Waals surface area contributed by atoms with Crippen molar-refractivity contribution in [3.05, 3.63) is 11.1 Å². The Bertz CT molecular complexity index is 254. The topological polar surface area (TPSA) is 46.0 Å². The second-order valence-electron chi connectivity index (χ2n) is 3.61. The molecule has 1 fully saturated rings. The summed E-state index contributed by atoms with van der Waals surface area (Å²) in [5, 5.41) is 15.4. The highest BCUT2D eigenvalue weighted by molar-refractivity contribution is 7.03. The molecular weight excluding hydrogens is 172 g/mol. The third-order valence-corrected chi connectivity index (χ3v) is 3.27. The van der Waals surface area contributed by atoms with Crippen molar-refractivity contribution in [3.63, 3.8) is 0 Å². The molecule has 66 valence electrons. The first kappa shape index (κ1) is 8.13. The molecule has 2 rings (SSSR count). The van der Waals surface area contributed by atoms with Crippen molar-refractivity contribution in [1.29, 1.82) is 0 Å². The van der Waals surface area contributed by atoms with E-state index in [0.717, 1.165) is 25.0 Å². The second-order valence-corrected chi connectivity index (χ2v) is 4.22. The van der Waals surface area contributed by atoms with Crippen LogP contribution in [0.25, 0.3) is 0 Å². The third kappa shape index (κ3) is 1.36. The van der Waals surface area contributed by atoms with Crippen LogP contribution in [0.15, 0.2) is 5.38 Å². The van der Waals surface area contributed by atoms with Crippen LogP contribution >= 0.6 is 11.5 Å². The number of aliphatic hydroxyl groups is 1. The predicted octanol–water partition coefficient (Wildman–Crippen LogP) is 1.24. The van der Waals surface area contributed by atoms with Gasteiger partial charge in [0, 0.05) is 17.2 Å². The molecule has 0 amide bonds. The number of aromatic nitrogens is 2. The molecule has 12 heavy (non-hydrogen) atoms. The first-order chi connectivity index (χ1) is 5.73. The molecule has 1 aromatic rings. The molecule has 0 aromatic carbocycles. The molecule has 0 aliphatic heterocycles. The van der Waals surface area contributed by atoms with Crippen molar-refractivity contribution in [3.8, 4) is 0 Å². The molecule has 3 nitrogen and oxygen atoms in total. The highest BCUT2D eigenvalue weighted by atomic mass is 32.1. The Labute approximate surface area is 75.6 Å². The maximum atomic E-state index is 9.50. The Morgan fingerprint density at radius 2 is 2.50 bits per heavy atom. The minimum absolute atomic E-state index is 0.135. The van der Waals surface area contributed by atoms with Crippen LogP contribution in [0.1, 0.15) is 25.5 Å². The van der Waals surface area contributed by atoms with Crippen LogP contribution < -0.4 is 0 Å². The zero-order valence-electron chi connectivity index (χ0n) is 7.03. The van der Waals surface area contributed by atoms with E-state index >= 15 is 0 Å². The van der Waals surface area contributed by atoms with E-state index in [9.17, 15) is 5.11 Å². The van der Waals surface area contributed by atoms with Crippen molar-refractivity contribution in [2.45, 2.75) is 32.3 Å². The summed E-state index contributed by atoms with van der Waals surface area (Å²) in [5.41, 5.74) is 1.16. The first-order valence-electron chi connectivity index (χ1n) is 4.17. The predicted molar refractivity (Wildman–Crippen MR) is 47.0 cm³/mol. The number of aliphatic hydroxyl groups excluding tert-OH is 1. The molecule has 1 heterocycles. The molecule has 0 bridgehead atoms. The van der Waals surface area contributed by atoms with E-state index in [1.54, 1.807) is 0 Å². The lowest BCUT2D eigenvalue weighted by Crippen LogP contribution is -2.20. The fraction of sp³-hybridized carbons (Fsp3) is 0.750. The first-order valence-corrected chi connectivity index (χ1v) is 5.01. The molecule has 0 saturated heterocycles. The average molecular weight is 184 g/mol. The molecule has 1 atom stereocenters. The fourth-order valence-electron chi connectivity index (χ4n) is 1.52. The lowest BCUT2D eigenvalue weighted by molar-refractivity contribution is 0.110. The highest BCUT2D eigenvalue weighted by Gasteiger charge is 2.47. The van der Waals surface area contributed by atoms with Gasteiger partial charge >= 0.3 is 0 Å². The number of hydrogen-bond donors (Lipinski definition) is 1. The van der Waals surface area contributed by atoms with Gasteiger partial charge in [-0.05, 0) is 31.3 Å². The summed E-state index contributed by atoms with van der Waals surface area (Å²) in [6, 6.07) is 0. The van der Waals surface area contributed by atoms with Gasteiger partial charge in [0.1, 0.15) is 0 Å². The van der Waals surface area contributed by atoms with Crippen molar-refractivity contribution in [2.24, 2.45) is 5.41 Å². The van der Waals surface area contributed by atoms with E-state index < -0.39 is 0 Å². The Kier molecular flexibility index (Phi) is 1.88. The average Bonchev–Trinajstić information content (AvgIpc) is 2.60. The molecule has 0 spiro atoms. The van der Waals surface area contributed by atoms with Crippen molar-refractivity contribution < 1.29 is 5.11 Å². The quantitative estimate of drug-likeness (QED) is 0.768. The summed E-state index contributed by atoms with van der Waals surface area (Å²) < 4.78 is 3.80. The van der Waals surface area contributed by atoms with E-state index in [2.05, 4.69) is 9.59 Å². The van der Waals surface area contributed by atoms with Gasteiger partial charge in [-0.3, -0.25) is 0 Å². The minimum Gasteiger partial charge on any atom is -0.393 e. The van der Waals surface area contributed by atoms with Crippen molar-refractivity contribution in [1.82, 2.24) is 9.59 Å². The number of nitrogens with zero attached hydrogens (tertiary/aromatic N) is 2. The summed E-state index contributed by atoms with van der Waals surface area (Å²) in [6.07, 6.45) is 2.94. The van der Waals surface area contributed by atoms with E-state index in [-0.39, 0.29) is 11.5 Å². The van der Waals surface area contributed by atoms with Crippen LogP contribution in [0.5, 0.6) is 0 Å². The molecule has 1 aromatic heterocycles. The van der Waals surface area contributed by atoms with Gasteiger partial charge in [-0.2, -0.15) is 0 Å². The summed E-state index contributed by atoms with van der Waals surface area (Å²) in [4.78, 5) is 0. The Hall–Kier alpha value is -0.480. The number of hydrogen-bond acceptors (Lipinski definition) is 4. The molecular formula is C8H12N2OS. The standard InChI is InChI=1S/C8H12N2OS/c1-6(11)8(2-3-8)4-7-5-12-10-9-7/h5-6,11H,2-4H2,1H3. The van der Waals surface area contributed by atoms with Crippen molar-refractivity contribution in [2.75, 3.05) is 0 Å². The monoisotopic (exact) mass is 184 g/mol. The van der Waals surface area contributed by atoms with Crippen LogP contribution in [-0.4, -0.2) is 20.8 Å². The van der Waals surface area contributed by atoms with E-state index in [4.69, 9.17) is 0 Å². The van der Waals surface area contributed by atoms with Gasteiger partial charge in [0.25, 0.3) is 0 Å². The Morgan fingerprint density at radius 1 is 1.75 bits per heavy atom. The van der Waals surface area contributed by atoms with Crippen LogP contribution in [0.2, 0.25) is 0 Å². The molecule has 1 aliphatic carbocycles. The van der Waals surface area contributed by atoms with Crippen molar-refractivity contribution >= 4 is 11.5 Å². The van der Waals surface area contributed by atoms with Gasteiger partial charge < -0.3 is 5.11 Å². The van der Waals surface area contributed by atoms with E-state index in [1.807, 2.05) is 12.3 Å². The lowest BCUT2D eigenvalue weighted by atomic mass is 9.95. The van der Waals surface area contributed by atoms with Gasteiger partial charge in [-0.1, -0.05) is 4.49 Å². The SMILES string of the molecule is CC(O)C1(Cc2csnn2)CC1. The number of rotatable bonds is 3. The van der Waals surface area contributed by atoms with Crippen LogP contribution in [-0.2, 0) is 6.42 Å². The van der Waals surface area contributed by atoms with Crippen LogP contribution in [0.3, 0.4) is 0 Å². The normalized spacial score (nSPS) is 22.2. The largest absolute Gasteiger partial charge is 0.393 e. The van der Waals surface area contributed by atoms with Gasteiger partial charge in [-0.15, -0.1) is 5.10 Å². The van der Waals surface area contributed by atoms with Crippen LogP contribution in [0, 0.1) is 5.41 Å². The zero-order valence-corrected chi connectivity index (χ0v) is 7.84. The molecule has 1 aliphatic rings. The third-order valence-electron chi connectivity index (χ3n) is 2.72. The maximum absolute atomic E-state index is 9.50. The van der Waals surface area contributed by atoms with E-state index in [1.165, 1.54) is 11.5 Å². The summed E-state index contributed by atoms with van der Waals surface area (Å²) in [7, 11) is 0. The molecule has 1 unspecified atom stereocenters. The fourth-order valence-corrected chi connectivity index (χ4v) is 1.98. The highest BCUT2D eigenvalue weighted by Crippen LogP contribution is 2.50. The zero-order chi connectivity index (χ0) is 8.60. The Morgan fingerprint density at radius 3 is 2.92 bits per heavy atom.